The molecule has 6 nitrogen and oxygen atoms in total. The maximum absolute atomic E-state index is 12.4. The maximum Gasteiger partial charge on any atom is 0.344 e. The van der Waals surface area contributed by atoms with Crippen molar-refractivity contribution in [3.63, 3.8) is 0 Å². The zero-order chi connectivity index (χ0) is 19.5. The molecule has 2 heterocycles. The highest BCUT2D eigenvalue weighted by atomic mass is 32.2. The lowest BCUT2D eigenvalue weighted by atomic mass is 10.1. The Bertz CT molecular complexity index is 1010. The van der Waals surface area contributed by atoms with Gasteiger partial charge in [-0.3, -0.25) is 0 Å². The SMILES string of the molecule is CCOC(=O)C1=C(O)/C(=C/c2ccc3c(c2)OCO3)SC1=Nc1ccccc1. The molecule has 0 saturated carbocycles. The summed E-state index contributed by atoms with van der Waals surface area (Å²) in [6.45, 7) is 2.12. The molecule has 0 spiro atoms. The molecule has 2 aromatic rings. The number of carbonyl (C=O) groups excluding carboxylic acids is 1. The lowest BCUT2D eigenvalue weighted by Crippen LogP contribution is -2.12. The quantitative estimate of drug-likeness (QED) is 0.762. The molecule has 2 aliphatic heterocycles. The maximum atomic E-state index is 12.4. The van der Waals surface area contributed by atoms with Gasteiger partial charge in [0.15, 0.2) is 11.5 Å². The van der Waals surface area contributed by atoms with Gasteiger partial charge in [0, 0.05) is 0 Å². The van der Waals surface area contributed by atoms with E-state index in [2.05, 4.69) is 4.99 Å². The molecule has 142 valence electrons. The van der Waals surface area contributed by atoms with Gasteiger partial charge in [-0.05, 0) is 42.8 Å². The van der Waals surface area contributed by atoms with Gasteiger partial charge >= 0.3 is 5.97 Å². The van der Waals surface area contributed by atoms with Crippen molar-refractivity contribution in [1.82, 2.24) is 0 Å². The third-order valence-corrected chi connectivity index (χ3v) is 5.07. The number of hydrogen-bond donors (Lipinski definition) is 1. The number of para-hydroxylation sites is 1. The van der Waals surface area contributed by atoms with Crippen molar-refractivity contribution in [2.45, 2.75) is 6.92 Å². The van der Waals surface area contributed by atoms with Gasteiger partial charge < -0.3 is 19.3 Å². The Kier molecular flexibility index (Phi) is 5.08. The van der Waals surface area contributed by atoms with Crippen LogP contribution < -0.4 is 9.47 Å². The van der Waals surface area contributed by atoms with Crippen molar-refractivity contribution in [3.8, 4) is 11.5 Å². The van der Waals surface area contributed by atoms with Crippen molar-refractivity contribution in [2.24, 2.45) is 4.99 Å². The van der Waals surface area contributed by atoms with Crippen LogP contribution in [0.5, 0.6) is 11.5 Å². The summed E-state index contributed by atoms with van der Waals surface area (Å²) < 4.78 is 15.8. The molecule has 0 bridgehead atoms. The van der Waals surface area contributed by atoms with Crippen LogP contribution in [0.25, 0.3) is 6.08 Å². The van der Waals surface area contributed by atoms with Crippen LogP contribution in [0, 0.1) is 0 Å². The number of rotatable bonds is 4. The summed E-state index contributed by atoms with van der Waals surface area (Å²) >= 11 is 1.22. The lowest BCUT2D eigenvalue weighted by molar-refractivity contribution is -0.138. The molecule has 0 aromatic heterocycles. The van der Waals surface area contributed by atoms with E-state index in [4.69, 9.17) is 14.2 Å². The minimum absolute atomic E-state index is 0.0719. The molecular formula is C21H17NO5S. The lowest BCUT2D eigenvalue weighted by Gasteiger charge is -2.03. The average Bonchev–Trinajstić information content (AvgIpc) is 3.27. The minimum atomic E-state index is -0.601. The largest absolute Gasteiger partial charge is 0.506 e. The van der Waals surface area contributed by atoms with Gasteiger partial charge in [0.2, 0.25) is 6.79 Å². The van der Waals surface area contributed by atoms with Crippen molar-refractivity contribution >= 4 is 34.5 Å². The second kappa shape index (κ2) is 7.82. The normalized spacial score (nSPS) is 18.2. The Balaban J connectivity index is 1.72. The summed E-state index contributed by atoms with van der Waals surface area (Å²) in [5, 5.41) is 11.1. The fourth-order valence-corrected chi connectivity index (χ4v) is 3.80. The van der Waals surface area contributed by atoms with Crippen molar-refractivity contribution < 1.29 is 24.1 Å². The third kappa shape index (κ3) is 3.61. The van der Waals surface area contributed by atoms with Crippen molar-refractivity contribution in [2.75, 3.05) is 13.4 Å². The number of hydrogen-bond acceptors (Lipinski definition) is 7. The van der Waals surface area contributed by atoms with Crippen molar-refractivity contribution in [3.05, 3.63) is 70.3 Å². The molecule has 0 atom stereocenters. The molecule has 2 aliphatic rings. The molecule has 0 amide bonds. The Morgan fingerprint density at radius 2 is 2.00 bits per heavy atom. The zero-order valence-electron chi connectivity index (χ0n) is 15.0. The van der Waals surface area contributed by atoms with Crippen LogP contribution >= 0.6 is 11.8 Å². The van der Waals surface area contributed by atoms with E-state index in [0.29, 0.717) is 27.1 Å². The van der Waals surface area contributed by atoms with Crippen LogP contribution in [-0.4, -0.2) is 29.5 Å². The van der Waals surface area contributed by atoms with Crippen LogP contribution in [0.15, 0.2) is 69.8 Å². The predicted molar refractivity (Wildman–Crippen MR) is 108 cm³/mol. The second-order valence-corrected chi connectivity index (χ2v) is 6.95. The Labute approximate surface area is 166 Å². The van der Waals surface area contributed by atoms with Crippen LogP contribution in [0.1, 0.15) is 12.5 Å². The van der Waals surface area contributed by atoms with E-state index in [1.807, 2.05) is 42.5 Å². The number of carbonyl (C=O) groups is 1. The molecule has 0 radical (unpaired) electrons. The average molecular weight is 395 g/mol. The molecule has 0 aliphatic carbocycles. The summed E-state index contributed by atoms with van der Waals surface area (Å²) in [5.41, 5.74) is 1.56. The van der Waals surface area contributed by atoms with Crippen LogP contribution in [0.2, 0.25) is 0 Å². The molecule has 0 unspecified atom stereocenters. The summed E-state index contributed by atoms with van der Waals surface area (Å²) in [5.74, 6) is 0.580. The summed E-state index contributed by atoms with van der Waals surface area (Å²) in [7, 11) is 0. The first-order valence-corrected chi connectivity index (χ1v) is 9.51. The molecule has 1 N–H and O–H groups in total. The Hall–Kier alpha value is -3.19. The van der Waals surface area contributed by atoms with Crippen LogP contribution in [0.3, 0.4) is 0 Å². The highest BCUT2D eigenvalue weighted by molar-refractivity contribution is 8.18. The molecule has 7 heteroatoms. The first kappa shape index (κ1) is 18.2. The highest BCUT2D eigenvalue weighted by Gasteiger charge is 2.33. The molecule has 0 saturated heterocycles. The fourth-order valence-electron chi connectivity index (χ4n) is 2.77. The van der Waals surface area contributed by atoms with Gasteiger partial charge in [-0.15, -0.1) is 0 Å². The number of ether oxygens (including phenoxy) is 3. The van der Waals surface area contributed by atoms with E-state index >= 15 is 0 Å². The monoisotopic (exact) mass is 395 g/mol. The van der Waals surface area contributed by atoms with Gasteiger partial charge in [-0.25, -0.2) is 9.79 Å². The number of nitrogens with zero attached hydrogens (tertiary/aromatic N) is 1. The Morgan fingerprint density at radius 1 is 1.21 bits per heavy atom. The van der Waals surface area contributed by atoms with Gasteiger partial charge in [0.25, 0.3) is 0 Å². The smallest absolute Gasteiger partial charge is 0.344 e. The first-order chi connectivity index (χ1) is 13.7. The van der Waals surface area contributed by atoms with Gasteiger partial charge in [0.1, 0.15) is 16.4 Å². The van der Waals surface area contributed by atoms with E-state index < -0.39 is 5.97 Å². The molecule has 4 rings (SSSR count). The van der Waals surface area contributed by atoms with E-state index in [-0.39, 0.29) is 24.7 Å². The molecule has 0 fully saturated rings. The first-order valence-electron chi connectivity index (χ1n) is 8.69. The Morgan fingerprint density at radius 3 is 2.79 bits per heavy atom. The van der Waals surface area contributed by atoms with E-state index in [1.54, 1.807) is 19.1 Å². The topological polar surface area (TPSA) is 77.4 Å². The van der Waals surface area contributed by atoms with E-state index in [1.165, 1.54) is 11.8 Å². The van der Waals surface area contributed by atoms with Gasteiger partial charge in [-0.1, -0.05) is 36.0 Å². The number of thioether (sulfide) groups is 1. The van der Waals surface area contributed by atoms with Gasteiger partial charge in [-0.2, -0.15) is 0 Å². The number of aliphatic hydroxyl groups is 1. The van der Waals surface area contributed by atoms with E-state index in [0.717, 1.165) is 5.56 Å². The number of benzene rings is 2. The third-order valence-electron chi connectivity index (χ3n) is 4.05. The summed E-state index contributed by atoms with van der Waals surface area (Å²) in [6, 6.07) is 14.7. The fraction of sp³-hybridized carbons (Fsp3) is 0.143. The summed E-state index contributed by atoms with van der Waals surface area (Å²) in [6.07, 6.45) is 1.77. The number of fused-ring (bicyclic) bond motifs is 1. The molecule has 2 aromatic carbocycles. The molecular weight excluding hydrogens is 378 g/mol. The van der Waals surface area contributed by atoms with Gasteiger partial charge in [0.05, 0.1) is 17.2 Å². The standard InChI is InChI=1S/C21H17NO5S/c1-2-25-21(24)18-19(23)17(28-20(18)22-14-6-4-3-5-7-14)11-13-8-9-15-16(10-13)27-12-26-15/h3-11,23H,2,12H2,1H3/b17-11-,22-20?. The highest BCUT2D eigenvalue weighted by Crippen LogP contribution is 2.41. The van der Waals surface area contributed by atoms with Crippen molar-refractivity contribution in [1.29, 1.82) is 0 Å². The predicted octanol–water partition coefficient (Wildman–Crippen LogP) is 4.61. The molecule has 28 heavy (non-hydrogen) atoms. The number of esters is 1. The second-order valence-electron chi connectivity index (χ2n) is 5.92. The minimum Gasteiger partial charge on any atom is -0.506 e. The van der Waals surface area contributed by atoms with E-state index in [9.17, 15) is 9.90 Å². The summed E-state index contributed by atoms with van der Waals surface area (Å²) in [4.78, 5) is 17.4. The number of aliphatic hydroxyl groups excluding tert-OH is 1. The zero-order valence-corrected chi connectivity index (χ0v) is 15.9. The number of aliphatic imine (C=N–C) groups is 1. The van der Waals surface area contributed by atoms with Crippen LogP contribution in [-0.2, 0) is 9.53 Å². The van der Waals surface area contributed by atoms with Crippen LogP contribution in [0.4, 0.5) is 5.69 Å².